The van der Waals surface area contributed by atoms with E-state index in [-0.39, 0.29) is 5.91 Å². The van der Waals surface area contributed by atoms with Crippen molar-refractivity contribution < 1.29 is 19.1 Å². The van der Waals surface area contributed by atoms with Crippen molar-refractivity contribution in [1.82, 2.24) is 5.32 Å². The third-order valence-electron chi connectivity index (χ3n) is 5.47. The number of ether oxygens (including phenoxy) is 2. The number of carbonyl (C=O) groups excluding carboxylic acids is 2. The SMILES string of the molecule is COC(=O)[C@@H](Cc1cccc(OC)c1)NC(=O)C1c2ccccc2-c2ccccc21. The average molecular weight is 401 g/mol. The van der Waals surface area contributed by atoms with E-state index in [2.05, 4.69) is 5.32 Å². The molecule has 30 heavy (non-hydrogen) atoms. The molecule has 0 spiro atoms. The second-order valence-corrected chi connectivity index (χ2v) is 7.25. The minimum Gasteiger partial charge on any atom is -0.497 e. The second-order valence-electron chi connectivity index (χ2n) is 7.25. The standard InChI is InChI=1S/C25H23NO4/c1-29-17-9-7-8-16(14-17)15-22(25(28)30-2)26-24(27)23-20-12-5-3-10-18(20)19-11-4-6-13-21(19)23/h3-14,22-23H,15H2,1-2H3,(H,26,27)/t22-/m1/s1. The number of hydrogen-bond acceptors (Lipinski definition) is 4. The monoisotopic (exact) mass is 401 g/mol. The zero-order valence-corrected chi connectivity index (χ0v) is 16.9. The first-order valence-corrected chi connectivity index (χ1v) is 9.81. The molecule has 0 bridgehead atoms. The fourth-order valence-corrected chi connectivity index (χ4v) is 4.06. The fraction of sp³-hybridized carbons (Fsp3) is 0.200. The number of benzene rings is 3. The number of fused-ring (bicyclic) bond motifs is 3. The van der Waals surface area contributed by atoms with Gasteiger partial charge in [0, 0.05) is 6.42 Å². The largest absolute Gasteiger partial charge is 0.497 e. The molecule has 1 amide bonds. The maximum atomic E-state index is 13.4. The van der Waals surface area contributed by atoms with Gasteiger partial charge in [-0.25, -0.2) is 4.79 Å². The molecule has 3 aromatic carbocycles. The van der Waals surface area contributed by atoms with E-state index >= 15 is 0 Å². The summed E-state index contributed by atoms with van der Waals surface area (Å²) >= 11 is 0. The van der Waals surface area contributed by atoms with Crippen molar-refractivity contribution in [2.24, 2.45) is 0 Å². The van der Waals surface area contributed by atoms with E-state index in [9.17, 15) is 9.59 Å². The van der Waals surface area contributed by atoms with Gasteiger partial charge in [-0.15, -0.1) is 0 Å². The number of hydrogen-bond donors (Lipinski definition) is 1. The highest BCUT2D eigenvalue weighted by Gasteiger charge is 2.35. The maximum Gasteiger partial charge on any atom is 0.328 e. The number of rotatable bonds is 6. The molecular formula is C25H23NO4. The summed E-state index contributed by atoms with van der Waals surface area (Å²) in [5.41, 5.74) is 4.87. The predicted molar refractivity (Wildman–Crippen MR) is 114 cm³/mol. The van der Waals surface area contributed by atoms with Gasteiger partial charge in [-0.2, -0.15) is 0 Å². The lowest BCUT2D eigenvalue weighted by molar-refractivity contribution is -0.145. The molecule has 0 fully saturated rings. The van der Waals surface area contributed by atoms with E-state index in [1.54, 1.807) is 7.11 Å². The molecule has 0 saturated carbocycles. The van der Waals surface area contributed by atoms with Gasteiger partial charge in [0.2, 0.25) is 5.91 Å². The Hall–Kier alpha value is -3.60. The highest BCUT2D eigenvalue weighted by molar-refractivity contribution is 5.97. The molecule has 1 atom stereocenters. The molecule has 152 valence electrons. The van der Waals surface area contributed by atoms with Crippen LogP contribution in [0.3, 0.4) is 0 Å². The van der Waals surface area contributed by atoms with Crippen LogP contribution in [0.5, 0.6) is 5.75 Å². The molecule has 3 aromatic rings. The van der Waals surface area contributed by atoms with Gasteiger partial charge < -0.3 is 14.8 Å². The lowest BCUT2D eigenvalue weighted by Gasteiger charge is -2.20. The summed E-state index contributed by atoms with van der Waals surface area (Å²) in [6.45, 7) is 0. The van der Waals surface area contributed by atoms with Crippen LogP contribution in [0.1, 0.15) is 22.6 Å². The van der Waals surface area contributed by atoms with Gasteiger partial charge in [0.05, 0.1) is 20.1 Å². The number of amides is 1. The highest BCUT2D eigenvalue weighted by atomic mass is 16.5. The Kier molecular flexibility index (Phi) is 5.53. The molecular weight excluding hydrogens is 378 g/mol. The van der Waals surface area contributed by atoms with Gasteiger partial charge >= 0.3 is 5.97 Å². The molecule has 1 aliphatic carbocycles. The van der Waals surface area contributed by atoms with Crippen molar-refractivity contribution in [3.8, 4) is 16.9 Å². The molecule has 5 nitrogen and oxygen atoms in total. The zero-order valence-electron chi connectivity index (χ0n) is 16.9. The van der Waals surface area contributed by atoms with Crippen molar-refractivity contribution in [2.45, 2.75) is 18.4 Å². The van der Waals surface area contributed by atoms with E-state index in [4.69, 9.17) is 9.47 Å². The smallest absolute Gasteiger partial charge is 0.328 e. The summed E-state index contributed by atoms with van der Waals surface area (Å²) in [4.78, 5) is 25.8. The second kappa shape index (κ2) is 8.41. The van der Waals surface area contributed by atoms with E-state index in [1.807, 2.05) is 72.8 Å². The summed E-state index contributed by atoms with van der Waals surface area (Å²) in [6.07, 6.45) is 0.311. The first-order valence-electron chi connectivity index (χ1n) is 9.81. The highest BCUT2D eigenvalue weighted by Crippen LogP contribution is 2.44. The summed E-state index contributed by atoms with van der Waals surface area (Å²) in [7, 11) is 2.92. The summed E-state index contributed by atoms with van der Waals surface area (Å²) in [5.74, 6) is -0.465. The Morgan fingerprint density at radius 2 is 1.53 bits per heavy atom. The Bertz CT molecular complexity index is 1050. The van der Waals surface area contributed by atoms with Crippen molar-refractivity contribution >= 4 is 11.9 Å². The number of methoxy groups -OCH3 is 2. The molecule has 4 rings (SSSR count). The first-order chi connectivity index (χ1) is 14.6. The van der Waals surface area contributed by atoms with Crippen LogP contribution in [0, 0.1) is 0 Å². The number of carbonyl (C=O) groups is 2. The van der Waals surface area contributed by atoms with E-state index in [0.717, 1.165) is 27.8 Å². The lowest BCUT2D eigenvalue weighted by atomic mass is 9.95. The van der Waals surface area contributed by atoms with Crippen LogP contribution in [0.15, 0.2) is 72.8 Å². The fourth-order valence-electron chi connectivity index (χ4n) is 4.06. The van der Waals surface area contributed by atoms with Gasteiger partial charge in [0.25, 0.3) is 0 Å². The molecule has 0 radical (unpaired) electrons. The molecule has 0 heterocycles. The topological polar surface area (TPSA) is 64.6 Å². The van der Waals surface area contributed by atoms with Crippen molar-refractivity contribution in [2.75, 3.05) is 14.2 Å². The van der Waals surface area contributed by atoms with Crippen LogP contribution >= 0.6 is 0 Å². The minimum atomic E-state index is -0.797. The van der Waals surface area contributed by atoms with E-state index < -0.39 is 17.9 Å². The molecule has 0 unspecified atom stereocenters. The van der Waals surface area contributed by atoms with Crippen molar-refractivity contribution in [3.05, 3.63) is 89.5 Å². The average Bonchev–Trinajstić information content (AvgIpc) is 3.13. The van der Waals surface area contributed by atoms with Gasteiger partial charge in [-0.3, -0.25) is 4.79 Å². The summed E-state index contributed by atoms with van der Waals surface area (Å²) in [6, 6.07) is 22.4. The third kappa shape index (κ3) is 3.66. The van der Waals surface area contributed by atoms with E-state index in [1.165, 1.54) is 7.11 Å². The summed E-state index contributed by atoms with van der Waals surface area (Å²) < 4.78 is 10.2. The Morgan fingerprint density at radius 3 is 2.13 bits per heavy atom. The predicted octanol–water partition coefficient (Wildman–Crippen LogP) is 3.71. The van der Waals surface area contributed by atoms with Gasteiger partial charge in [0.15, 0.2) is 0 Å². The third-order valence-corrected chi connectivity index (χ3v) is 5.47. The molecule has 1 aliphatic rings. The van der Waals surface area contributed by atoms with Crippen LogP contribution in [-0.4, -0.2) is 32.1 Å². The molecule has 1 N–H and O–H groups in total. The normalized spacial score (nSPS) is 13.1. The van der Waals surface area contributed by atoms with Crippen LogP contribution in [0.25, 0.3) is 11.1 Å². The van der Waals surface area contributed by atoms with Gasteiger partial charge in [-0.1, -0.05) is 60.7 Å². The van der Waals surface area contributed by atoms with Crippen LogP contribution in [0.4, 0.5) is 0 Å². The summed E-state index contributed by atoms with van der Waals surface area (Å²) in [5, 5.41) is 2.92. The molecule has 0 aromatic heterocycles. The van der Waals surface area contributed by atoms with Crippen LogP contribution in [-0.2, 0) is 20.7 Å². The lowest BCUT2D eigenvalue weighted by Crippen LogP contribution is -2.45. The first kappa shape index (κ1) is 19.7. The van der Waals surface area contributed by atoms with Gasteiger partial charge in [0.1, 0.15) is 11.8 Å². The molecule has 0 saturated heterocycles. The Balaban J connectivity index is 1.62. The van der Waals surface area contributed by atoms with Crippen LogP contribution in [0.2, 0.25) is 0 Å². The molecule has 0 aliphatic heterocycles. The Labute approximate surface area is 175 Å². The Morgan fingerprint density at radius 1 is 0.900 bits per heavy atom. The van der Waals surface area contributed by atoms with Gasteiger partial charge in [-0.05, 0) is 39.9 Å². The minimum absolute atomic E-state index is 0.217. The molecule has 5 heteroatoms. The quantitative estimate of drug-likeness (QED) is 0.640. The maximum absolute atomic E-state index is 13.4. The van der Waals surface area contributed by atoms with E-state index in [0.29, 0.717) is 12.2 Å². The van der Waals surface area contributed by atoms with Crippen LogP contribution < -0.4 is 10.1 Å². The van der Waals surface area contributed by atoms with Crippen molar-refractivity contribution in [1.29, 1.82) is 0 Å². The number of nitrogens with one attached hydrogen (secondary N) is 1. The zero-order chi connectivity index (χ0) is 21.1. The van der Waals surface area contributed by atoms with Crippen molar-refractivity contribution in [3.63, 3.8) is 0 Å². The number of esters is 1.